The van der Waals surface area contributed by atoms with Crippen molar-refractivity contribution in [3.05, 3.63) is 0 Å². The molecule has 0 aromatic heterocycles. The van der Waals surface area contributed by atoms with Crippen molar-refractivity contribution in [1.29, 1.82) is 0 Å². The molecule has 1 unspecified atom stereocenters. The lowest BCUT2D eigenvalue weighted by Gasteiger charge is -2.34. The monoisotopic (exact) mass is 253 g/mol. The Hall–Kier alpha value is -0.0400. The largest absolute Gasteiger partial charge is 0.314 e. The molecule has 1 atom stereocenters. The van der Waals surface area contributed by atoms with Crippen molar-refractivity contribution >= 4 is 0 Å². The van der Waals surface area contributed by atoms with Crippen LogP contribution in [0.15, 0.2) is 0 Å². The number of hydrogen-bond acceptors (Lipinski definition) is 1. The van der Waals surface area contributed by atoms with E-state index in [1.54, 1.807) is 0 Å². The Kier molecular flexibility index (Phi) is 8.75. The van der Waals surface area contributed by atoms with Crippen molar-refractivity contribution in [3.63, 3.8) is 0 Å². The van der Waals surface area contributed by atoms with Crippen LogP contribution in [-0.4, -0.2) is 12.6 Å². The molecule has 1 nitrogen and oxygen atoms in total. The highest BCUT2D eigenvalue weighted by Gasteiger charge is 2.26. The standard InChI is InChI=1S/C17H35N/c1-4-7-9-15-10-12-16(13-11-15)17(8-5-2)18-14-6-3/h15-18H,4-14H2,1-3H3. The van der Waals surface area contributed by atoms with Gasteiger partial charge in [0.25, 0.3) is 0 Å². The van der Waals surface area contributed by atoms with Gasteiger partial charge in [-0.2, -0.15) is 0 Å². The SMILES string of the molecule is CCCCC1CCC(C(CCC)NCCC)CC1. The molecule has 1 N–H and O–H groups in total. The molecule has 0 bridgehead atoms. The normalized spacial score (nSPS) is 26.2. The van der Waals surface area contributed by atoms with E-state index in [1.165, 1.54) is 70.8 Å². The second-order valence-electron chi connectivity index (χ2n) is 6.27. The van der Waals surface area contributed by atoms with E-state index in [4.69, 9.17) is 0 Å². The highest BCUT2D eigenvalue weighted by Crippen LogP contribution is 2.34. The zero-order valence-corrected chi connectivity index (χ0v) is 13.0. The molecule has 1 heteroatoms. The smallest absolute Gasteiger partial charge is 0.00952 e. The molecule has 0 radical (unpaired) electrons. The van der Waals surface area contributed by atoms with Gasteiger partial charge in [0.15, 0.2) is 0 Å². The number of hydrogen-bond donors (Lipinski definition) is 1. The summed E-state index contributed by atoms with van der Waals surface area (Å²) in [6.45, 7) is 8.13. The van der Waals surface area contributed by atoms with Crippen LogP contribution in [0.5, 0.6) is 0 Å². The van der Waals surface area contributed by atoms with Crippen LogP contribution in [0.25, 0.3) is 0 Å². The summed E-state index contributed by atoms with van der Waals surface area (Å²) in [5.41, 5.74) is 0. The minimum atomic E-state index is 0.807. The molecule has 0 saturated heterocycles. The lowest BCUT2D eigenvalue weighted by molar-refractivity contribution is 0.205. The molecule has 0 aromatic rings. The third-order valence-corrected chi connectivity index (χ3v) is 4.68. The van der Waals surface area contributed by atoms with Gasteiger partial charge in [-0.3, -0.25) is 0 Å². The second-order valence-corrected chi connectivity index (χ2v) is 6.27. The van der Waals surface area contributed by atoms with Crippen LogP contribution >= 0.6 is 0 Å². The molecule has 0 heterocycles. The van der Waals surface area contributed by atoms with E-state index in [0.29, 0.717) is 0 Å². The van der Waals surface area contributed by atoms with Gasteiger partial charge in [0.1, 0.15) is 0 Å². The maximum absolute atomic E-state index is 3.80. The summed E-state index contributed by atoms with van der Waals surface area (Å²) in [6.07, 6.45) is 14.2. The third kappa shape index (κ3) is 5.73. The summed E-state index contributed by atoms with van der Waals surface area (Å²) < 4.78 is 0. The van der Waals surface area contributed by atoms with Gasteiger partial charge in [0.2, 0.25) is 0 Å². The zero-order valence-electron chi connectivity index (χ0n) is 13.0. The van der Waals surface area contributed by atoms with Crippen molar-refractivity contribution in [2.24, 2.45) is 11.8 Å². The van der Waals surface area contributed by atoms with Gasteiger partial charge in [0.05, 0.1) is 0 Å². The molecule has 1 aliphatic rings. The molecular weight excluding hydrogens is 218 g/mol. The summed E-state index contributed by atoms with van der Waals surface area (Å²) >= 11 is 0. The molecule has 0 aliphatic heterocycles. The summed E-state index contributed by atoms with van der Waals surface area (Å²) in [4.78, 5) is 0. The Bertz CT molecular complexity index is 182. The van der Waals surface area contributed by atoms with E-state index in [-0.39, 0.29) is 0 Å². The number of unbranched alkanes of at least 4 members (excludes halogenated alkanes) is 1. The fourth-order valence-corrected chi connectivity index (χ4v) is 3.52. The fourth-order valence-electron chi connectivity index (χ4n) is 3.52. The first kappa shape index (κ1) is 16.0. The molecule has 108 valence electrons. The topological polar surface area (TPSA) is 12.0 Å². The molecule has 18 heavy (non-hydrogen) atoms. The molecule has 1 rings (SSSR count). The molecule has 0 amide bonds. The van der Waals surface area contributed by atoms with E-state index >= 15 is 0 Å². The quantitative estimate of drug-likeness (QED) is 0.599. The van der Waals surface area contributed by atoms with Crippen molar-refractivity contribution in [2.75, 3.05) is 6.54 Å². The van der Waals surface area contributed by atoms with E-state index in [9.17, 15) is 0 Å². The number of nitrogens with one attached hydrogen (secondary N) is 1. The molecule has 1 aliphatic carbocycles. The number of rotatable bonds is 9. The predicted octanol–water partition coefficient (Wildman–Crippen LogP) is 5.15. The maximum Gasteiger partial charge on any atom is 0.00952 e. The average Bonchev–Trinajstić information content (AvgIpc) is 2.42. The van der Waals surface area contributed by atoms with Gasteiger partial charge >= 0.3 is 0 Å². The van der Waals surface area contributed by atoms with Crippen molar-refractivity contribution < 1.29 is 0 Å². The third-order valence-electron chi connectivity index (χ3n) is 4.68. The van der Waals surface area contributed by atoms with E-state index < -0.39 is 0 Å². The lowest BCUT2D eigenvalue weighted by Crippen LogP contribution is -2.38. The highest BCUT2D eigenvalue weighted by atomic mass is 14.9. The molecule has 1 saturated carbocycles. The minimum absolute atomic E-state index is 0.807. The van der Waals surface area contributed by atoms with E-state index in [0.717, 1.165) is 17.9 Å². The van der Waals surface area contributed by atoms with Crippen molar-refractivity contribution in [1.82, 2.24) is 5.32 Å². The van der Waals surface area contributed by atoms with Crippen molar-refractivity contribution in [2.45, 2.75) is 91.0 Å². The summed E-state index contributed by atoms with van der Waals surface area (Å²) in [6, 6.07) is 0.807. The van der Waals surface area contributed by atoms with Gasteiger partial charge in [0, 0.05) is 6.04 Å². The van der Waals surface area contributed by atoms with Gasteiger partial charge in [-0.05, 0) is 44.1 Å². The summed E-state index contributed by atoms with van der Waals surface area (Å²) in [5, 5.41) is 3.80. The Morgan fingerprint density at radius 2 is 1.67 bits per heavy atom. The summed E-state index contributed by atoms with van der Waals surface area (Å²) in [7, 11) is 0. The van der Waals surface area contributed by atoms with Crippen LogP contribution in [0.3, 0.4) is 0 Å². The van der Waals surface area contributed by atoms with Crippen LogP contribution in [-0.2, 0) is 0 Å². The predicted molar refractivity (Wildman–Crippen MR) is 82.0 cm³/mol. The van der Waals surface area contributed by atoms with Gasteiger partial charge < -0.3 is 5.32 Å². The van der Waals surface area contributed by atoms with Gasteiger partial charge in [-0.15, -0.1) is 0 Å². The Morgan fingerprint density at radius 3 is 2.22 bits per heavy atom. The lowest BCUT2D eigenvalue weighted by atomic mass is 9.76. The highest BCUT2D eigenvalue weighted by molar-refractivity contribution is 4.81. The van der Waals surface area contributed by atoms with Crippen LogP contribution in [0.2, 0.25) is 0 Å². The van der Waals surface area contributed by atoms with E-state index in [1.807, 2.05) is 0 Å². The maximum atomic E-state index is 3.80. The first-order valence-corrected chi connectivity index (χ1v) is 8.55. The minimum Gasteiger partial charge on any atom is -0.314 e. The van der Waals surface area contributed by atoms with Crippen molar-refractivity contribution in [3.8, 4) is 0 Å². The average molecular weight is 253 g/mol. The Labute approximate surface area is 115 Å². The summed E-state index contributed by atoms with van der Waals surface area (Å²) in [5.74, 6) is 2.02. The zero-order chi connectivity index (χ0) is 13.2. The molecule has 1 fully saturated rings. The van der Waals surface area contributed by atoms with E-state index in [2.05, 4.69) is 26.1 Å². The van der Waals surface area contributed by atoms with Crippen LogP contribution < -0.4 is 5.32 Å². The van der Waals surface area contributed by atoms with Crippen LogP contribution in [0.1, 0.15) is 85.0 Å². The van der Waals surface area contributed by atoms with Crippen LogP contribution in [0, 0.1) is 11.8 Å². The second kappa shape index (κ2) is 9.83. The van der Waals surface area contributed by atoms with Crippen LogP contribution in [0.4, 0.5) is 0 Å². The molecule has 0 aromatic carbocycles. The van der Waals surface area contributed by atoms with Gasteiger partial charge in [-0.1, -0.05) is 59.3 Å². The molecular formula is C17H35N. The Balaban J connectivity index is 2.28. The fraction of sp³-hybridized carbons (Fsp3) is 1.00. The first-order chi connectivity index (χ1) is 8.81. The Morgan fingerprint density at radius 1 is 0.944 bits per heavy atom. The van der Waals surface area contributed by atoms with Gasteiger partial charge in [-0.25, -0.2) is 0 Å². The first-order valence-electron chi connectivity index (χ1n) is 8.55. The molecule has 0 spiro atoms.